The standard InChI is InChI=1S/C31H32FN3O3/c1-18-28(19(2)38-34-18)22-15-27-29(33-17-22)25-10-7-23(31(3,4)36)16-26(25)35(27)30(21-11-13-37-14-12-21)20-5-8-24(32)9-6-20/h5-10,15-17,21,30,36H,11-14H2,1-4H3/t30-/m0/s1. The van der Waals surface area contributed by atoms with Crippen LogP contribution in [0.1, 0.15) is 55.3 Å². The van der Waals surface area contributed by atoms with Crippen molar-refractivity contribution in [3.05, 3.63) is 83.1 Å². The van der Waals surface area contributed by atoms with E-state index < -0.39 is 5.60 Å². The molecule has 0 saturated carbocycles. The first kappa shape index (κ1) is 24.8. The van der Waals surface area contributed by atoms with Gasteiger partial charge in [-0.3, -0.25) is 4.98 Å². The molecule has 0 bridgehead atoms. The van der Waals surface area contributed by atoms with Crippen LogP contribution in [-0.4, -0.2) is 33.0 Å². The van der Waals surface area contributed by atoms with E-state index >= 15 is 0 Å². The molecule has 1 aliphatic rings. The molecule has 0 unspecified atom stereocenters. The quantitative estimate of drug-likeness (QED) is 0.278. The number of halogens is 1. The number of ether oxygens (including phenoxy) is 1. The van der Waals surface area contributed by atoms with Crippen molar-refractivity contribution in [2.75, 3.05) is 13.2 Å². The molecular weight excluding hydrogens is 481 g/mol. The predicted molar refractivity (Wildman–Crippen MR) is 146 cm³/mol. The summed E-state index contributed by atoms with van der Waals surface area (Å²) in [5.41, 5.74) is 6.40. The van der Waals surface area contributed by atoms with Crippen molar-refractivity contribution in [1.29, 1.82) is 0 Å². The average Bonchev–Trinajstić information content (AvgIpc) is 3.41. The fraction of sp³-hybridized carbons (Fsp3) is 0.355. The van der Waals surface area contributed by atoms with Crippen LogP contribution in [0.2, 0.25) is 0 Å². The molecule has 1 atom stereocenters. The van der Waals surface area contributed by atoms with Crippen molar-refractivity contribution in [1.82, 2.24) is 14.7 Å². The molecule has 6 rings (SSSR count). The third-order valence-corrected chi connectivity index (χ3v) is 7.87. The van der Waals surface area contributed by atoms with Crippen LogP contribution in [0, 0.1) is 25.6 Å². The Morgan fingerprint density at radius 1 is 1.03 bits per heavy atom. The lowest BCUT2D eigenvalue weighted by Crippen LogP contribution is -2.27. The van der Waals surface area contributed by atoms with E-state index in [2.05, 4.69) is 27.9 Å². The first-order chi connectivity index (χ1) is 18.2. The molecule has 4 heterocycles. The number of benzene rings is 2. The van der Waals surface area contributed by atoms with Crippen LogP contribution in [0.25, 0.3) is 33.1 Å². The first-order valence-corrected chi connectivity index (χ1v) is 13.2. The van der Waals surface area contributed by atoms with Gasteiger partial charge in [-0.05, 0) is 81.8 Å². The Labute approximate surface area is 221 Å². The van der Waals surface area contributed by atoms with Gasteiger partial charge in [-0.1, -0.05) is 29.4 Å². The van der Waals surface area contributed by atoms with Crippen molar-refractivity contribution in [3.63, 3.8) is 0 Å². The normalized spacial score (nSPS) is 15.9. The molecule has 7 heteroatoms. The topological polar surface area (TPSA) is 73.3 Å². The Balaban J connectivity index is 1.69. The second-order valence-electron chi connectivity index (χ2n) is 10.9. The van der Waals surface area contributed by atoms with Crippen molar-refractivity contribution >= 4 is 21.9 Å². The van der Waals surface area contributed by atoms with Crippen molar-refractivity contribution < 1.29 is 18.8 Å². The van der Waals surface area contributed by atoms with Crippen molar-refractivity contribution in [3.8, 4) is 11.1 Å². The van der Waals surface area contributed by atoms with Crippen LogP contribution >= 0.6 is 0 Å². The second kappa shape index (κ2) is 9.33. The maximum atomic E-state index is 14.0. The lowest BCUT2D eigenvalue weighted by molar-refractivity contribution is 0.0552. The molecule has 2 aromatic carbocycles. The molecule has 1 aliphatic heterocycles. The van der Waals surface area contributed by atoms with Crippen LogP contribution in [0.4, 0.5) is 4.39 Å². The highest BCUT2D eigenvalue weighted by atomic mass is 19.1. The summed E-state index contributed by atoms with van der Waals surface area (Å²) in [6.45, 7) is 8.82. The van der Waals surface area contributed by atoms with Crippen LogP contribution in [0.5, 0.6) is 0 Å². The summed E-state index contributed by atoms with van der Waals surface area (Å²) in [5, 5.41) is 16.0. The molecule has 1 saturated heterocycles. The SMILES string of the molecule is Cc1noc(C)c1-c1cnc2c3ccc(C(C)(C)O)cc3n([C@@H](c3ccc(F)cc3)C3CCOCC3)c2c1. The first-order valence-electron chi connectivity index (χ1n) is 13.2. The van der Waals surface area contributed by atoms with Gasteiger partial charge in [0.2, 0.25) is 0 Å². The molecule has 0 radical (unpaired) electrons. The minimum Gasteiger partial charge on any atom is -0.386 e. The summed E-state index contributed by atoms with van der Waals surface area (Å²) in [5.74, 6) is 0.769. The summed E-state index contributed by atoms with van der Waals surface area (Å²) in [7, 11) is 0. The molecule has 6 nitrogen and oxygen atoms in total. The number of nitrogens with zero attached hydrogens (tertiary/aromatic N) is 3. The largest absolute Gasteiger partial charge is 0.386 e. The maximum absolute atomic E-state index is 14.0. The molecule has 5 aromatic rings. The predicted octanol–water partition coefficient (Wildman–Crippen LogP) is 6.84. The molecular formula is C31H32FN3O3. The Hall–Kier alpha value is -3.55. The maximum Gasteiger partial charge on any atom is 0.141 e. The summed E-state index contributed by atoms with van der Waals surface area (Å²) < 4.78 is 27.6. The van der Waals surface area contributed by atoms with Gasteiger partial charge in [-0.15, -0.1) is 0 Å². The summed E-state index contributed by atoms with van der Waals surface area (Å²) >= 11 is 0. The summed E-state index contributed by atoms with van der Waals surface area (Å²) in [6, 6.07) is 15.0. The van der Waals surface area contributed by atoms with E-state index in [4.69, 9.17) is 14.2 Å². The highest BCUT2D eigenvalue weighted by Gasteiger charge is 2.31. The van der Waals surface area contributed by atoms with E-state index in [1.165, 1.54) is 12.1 Å². The third kappa shape index (κ3) is 4.20. The van der Waals surface area contributed by atoms with Crippen LogP contribution in [0.3, 0.4) is 0 Å². The van der Waals surface area contributed by atoms with Crippen molar-refractivity contribution in [2.24, 2.45) is 5.92 Å². The van der Waals surface area contributed by atoms with Gasteiger partial charge >= 0.3 is 0 Å². The lowest BCUT2D eigenvalue weighted by Gasteiger charge is -2.33. The molecule has 0 aliphatic carbocycles. The molecule has 1 N–H and O–H groups in total. The number of hydrogen-bond acceptors (Lipinski definition) is 5. The van der Waals surface area contributed by atoms with Crippen LogP contribution in [-0.2, 0) is 10.3 Å². The highest BCUT2D eigenvalue weighted by molar-refractivity contribution is 6.07. The summed E-state index contributed by atoms with van der Waals surface area (Å²) in [4.78, 5) is 4.96. The van der Waals surface area contributed by atoms with Gasteiger partial charge in [0.05, 0.1) is 33.9 Å². The Kier molecular flexibility index (Phi) is 6.08. The Morgan fingerprint density at radius 2 is 1.76 bits per heavy atom. The van der Waals surface area contributed by atoms with E-state index in [1.807, 2.05) is 38.2 Å². The van der Waals surface area contributed by atoms with Crippen LogP contribution < -0.4 is 0 Å². The summed E-state index contributed by atoms with van der Waals surface area (Å²) in [6.07, 6.45) is 3.67. The number of rotatable bonds is 5. The van der Waals surface area contributed by atoms with Gasteiger partial charge in [0.1, 0.15) is 11.6 Å². The molecule has 3 aromatic heterocycles. The Bertz CT molecular complexity index is 1600. The zero-order valence-electron chi connectivity index (χ0n) is 22.2. The van der Waals surface area contributed by atoms with Gasteiger partial charge in [0.15, 0.2) is 0 Å². The smallest absolute Gasteiger partial charge is 0.141 e. The zero-order chi connectivity index (χ0) is 26.6. The molecule has 196 valence electrons. The molecule has 1 fully saturated rings. The number of hydrogen-bond donors (Lipinski definition) is 1. The number of aromatic nitrogens is 3. The average molecular weight is 514 g/mol. The van der Waals surface area contributed by atoms with E-state index in [-0.39, 0.29) is 17.8 Å². The van der Waals surface area contributed by atoms with E-state index in [9.17, 15) is 9.50 Å². The minimum atomic E-state index is -1.01. The fourth-order valence-electron chi connectivity index (χ4n) is 5.94. The van der Waals surface area contributed by atoms with Gasteiger partial charge < -0.3 is 18.9 Å². The van der Waals surface area contributed by atoms with E-state index in [1.54, 1.807) is 13.8 Å². The van der Waals surface area contributed by atoms with Gasteiger partial charge in [-0.25, -0.2) is 4.39 Å². The fourth-order valence-corrected chi connectivity index (χ4v) is 5.94. The number of pyridine rings is 1. The van der Waals surface area contributed by atoms with Crippen LogP contribution in [0.15, 0.2) is 59.3 Å². The molecule has 38 heavy (non-hydrogen) atoms. The van der Waals surface area contributed by atoms with Crippen molar-refractivity contribution in [2.45, 2.75) is 52.2 Å². The highest BCUT2D eigenvalue weighted by Crippen LogP contribution is 2.42. The third-order valence-electron chi connectivity index (χ3n) is 7.87. The van der Waals surface area contributed by atoms with Gasteiger partial charge in [0, 0.05) is 35.9 Å². The zero-order valence-corrected chi connectivity index (χ0v) is 22.2. The number of fused-ring (bicyclic) bond motifs is 3. The molecule has 0 amide bonds. The Morgan fingerprint density at radius 3 is 2.42 bits per heavy atom. The van der Waals surface area contributed by atoms with E-state index in [0.29, 0.717) is 13.2 Å². The van der Waals surface area contributed by atoms with Gasteiger partial charge in [-0.2, -0.15) is 0 Å². The minimum absolute atomic E-state index is 0.0710. The van der Waals surface area contributed by atoms with Gasteiger partial charge in [0.25, 0.3) is 0 Å². The number of aliphatic hydroxyl groups is 1. The lowest BCUT2D eigenvalue weighted by atomic mass is 9.86. The second-order valence-corrected chi connectivity index (χ2v) is 10.9. The number of aryl methyl sites for hydroxylation is 2. The van der Waals surface area contributed by atoms with E-state index in [0.717, 1.165) is 68.5 Å². The monoisotopic (exact) mass is 513 g/mol. The molecule has 0 spiro atoms.